The van der Waals surface area contributed by atoms with Gasteiger partial charge in [0.15, 0.2) is 16.6 Å². The molecule has 3 heteroatoms. The van der Waals surface area contributed by atoms with Crippen LogP contribution in [0.5, 0.6) is 0 Å². The van der Waals surface area contributed by atoms with E-state index in [4.69, 9.17) is 4.12 Å². The molecule has 0 rings (SSSR count). The highest BCUT2D eigenvalue weighted by atomic mass is 28.4. The highest BCUT2D eigenvalue weighted by Gasteiger charge is 2.24. The van der Waals surface area contributed by atoms with Crippen molar-refractivity contribution in [1.29, 1.82) is 0 Å². The number of rotatable bonds is 2. The fourth-order valence-electron chi connectivity index (χ4n) is 0.919. The maximum Gasteiger partial charge on any atom is 0.170 e. The summed E-state index contributed by atoms with van der Waals surface area (Å²) in [6.45, 7) is 23.5. The molecular formula is C12H30OSi2. The lowest BCUT2D eigenvalue weighted by Crippen LogP contribution is -2.39. The first-order valence-corrected chi connectivity index (χ1v) is 12.4. The van der Waals surface area contributed by atoms with E-state index in [-0.39, 0.29) is 0 Å². The van der Waals surface area contributed by atoms with Gasteiger partial charge in [-0.05, 0) is 44.7 Å². The molecule has 92 valence electrons. The van der Waals surface area contributed by atoms with Crippen LogP contribution in [0.1, 0.15) is 20.8 Å². The van der Waals surface area contributed by atoms with Gasteiger partial charge in [0, 0.05) is 0 Å². The number of allylic oxidation sites excluding steroid dienone is 1. The van der Waals surface area contributed by atoms with Crippen molar-refractivity contribution < 1.29 is 4.12 Å². The van der Waals surface area contributed by atoms with Crippen LogP contribution in [-0.2, 0) is 4.12 Å². The van der Waals surface area contributed by atoms with Gasteiger partial charge in [0.2, 0.25) is 0 Å². The van der Waals surface area contributed by atoms with E-state index < -0.39 is 16.6 Å². The molecule has 0 aliphatic carbocycles. The van der Waals surface area contributed by atoms with Crippen LogP contribution in [0.25, 0.3) is 0 Å². The Morgan fingerprint density at radius 1 is 0.867 bits per heavy atom. The third-order valence-electron chi connectivity index (χ3n) is 1.22. The van der Waals surface area contributed by atoms with Gasteiger partial charge in [-0.25, -0.2) is 0 Å². The minimum atomic E-state index is -1.23. The summed E-state index contributed by atoms with van der Waals surface area (Å²) >= 11 is 0. The van der Waals surface area contributed by atoms with Crippen LogP contribution in [0.3, 0.4) is 0 Å². The van der Waals surface area contributed by atoms with Crippen LogP contribution < -0.4 is 0 Å². The van der Waals surface area contributed by atoms with Crippen LogP contribution in [0.2, 0.25) is 39.3 Å². The van der Waals surface area contributed by atoms with Crippen molar-refractivity contribution in [2.24, 2.45) is 5.41 Å². The molecule has 0 bridgehead atoms. The maximum atomic E-state index is 5.90. The lowest BCUT2D eigenvalue weighted by Gasteiger charge is -2.27. The van der Waals surface area contributed by atoms with E-state index in [0.29, 0.717) is 5.41 Å². The van der Waals surface area contributed by atoms with Gasteiger partial charge in [0.25, 0.3) is 0 Å². The van der Waals surface area contributed by atoms with E-state index in [1.54, 1.807) is 0 Å². The van der Waals surface area contributed by atoms with Crippen LogP contribution in [-0.4, -0.2) is 16.6 Å². The lowest BCUT2D eigenvalue weighted by atomic mass is 9.98. The molecule has 0 spiro atoms. The first kappa shape index (κ1) is 17.5. The number of hydrogen-bond donors (Lipinski definition) is 0. The first-order valence-electron chi connectivity index (χ1n) is 5.61. The van der Waals surface area contributed by atoms with E-state index in [9.17, 15) is 0 Å². The predicted octanol–water partition coefficient (Wildman–Crippen LogP) is 4.89. The summed E-state index contributed by atoms with van der Waals surface area (Å²) in [4.78, 5) is 0. The predicted molar refractivity (Wildman–Crippen MR) is 77.4 cm³/mol. The molecule has 0 aromatic rings. The molecule has 0 heterocycles. The topological polar surface area (TPSA) is 9.23 Å². The van der Waals surface area contributed by atoms with Crippen molar-refractivity contribution in [2.75, 3.05) is 0 Å². The largest absolute Gasteiger partial charge is 0.456 e. The Morgan fingerprint density at radius 2 is 1.07 bits per heavy atom. The lowest BCUT2D eigenvalue weighted by molar-refractivity contribution is 0.546. The van der Waals surface area contributed by atoms with Gasteiger partial charge in [-0.15, -0.1) is 6.58 Å². The summed E-state index contributed by atoms with van der Waals surface area (Å²) < 4.78 is 5.90. The van der Waals surface area contributed by atoms with E-state index in [2.05, 4.69) is 66.6 Å². The first-order chi connectivity index (χ1) is 6.27. The normalized spacial score (nSPS) is 12.9. The Labute approximate surface area is 99.2 Å². The molecule has 0 radical (unpaired) electrons. The van der Waals surface area contributed by atoms with Crippen molar-refractivity contribution in [2.45, 2.75) is 60.1 Å². The third kappa shape index (κ3) is 24.9. The zero-order valence-electron chi connectivity index (χ0n) is 12.2. The maximum absolute atomic E-state index is 5.90. The van der Waals surface area contributed by atoms with Crippen molar-refractivity contribution in [1.82, 2.24) is 0 Å². The van der Waals surface area contributed by atoms with Crippen molar-refractivity contribution >= 4 is 16.6 Å². The van der Waals surface area contributed by atoms with Crippen LogP contribution >= 0.6 is 0 Å². The van der Waals surface area contributed by atoms with E-state index in [1.165, 1.54) is 0 Å². The zero-order chi connectivity index (χ0) is 12.9. The Balaban J connectivity index is 0. The van der Waals surface area contributed by atoms with Gasteiger partial charge in [0.1, 0.15) is 0 Å². The molecule has 0 aliphatic heterocycles. The summed E-state index contributed by atoms with van der Waals surface area (Å²) in [6, 6.07) is 0. The summed E-state index contributed by atoms with van der Waals surface area (Å²) in [5, 5.41) is 0. The van der Waals surface area contributed by atoms with Gasteiger partial charge < -0.3 is 4.12 Å². The zero-order valence-corrected chi connectivity index (χ0v) is 14.2. The Kier molecular flexibility index (Phi) is 7.03. The van der Waals surface area contributed by atoms with E-state index >= 15 is 0 Å². The molecule has 0 N–H and O–H groups in total. The SMILES string of the molecule is C=CC(C)(C)C.C[Si](C)(C)O[Si](C)(C)C. The molecule has 0 fully saturated rings. The summed E-state index contributed by atoms with van der Waals surface area (Å²) in [5.74, 6) is 0. The van der Waals surface area contributed by atoms with E-state index in [1.807, 2.05) is 6.08 Å². The van der Waals surface area contributed by atoms with Crippen LogP contribution in [0.4, 0.5) is 0 Å². The Bertz CT molecular complexity index is 167. The monoisotopic (exact) mass is 246 g/mol. The molecule has 0 saturated carbocycles. The fourth-order valence-corrected chi connectivity index (χ4v) is 8.27. The minimum Gasteiger partial charge on any atom is -0.456 e. The molecule has 0 amide bonds. The molecule has 0 atom stereocenters. The smallest absolute Gasteiger partial charge is 0.170 e. The number of hydrogen-bond acceptors (Lipinski definition) is 1. The Hall–Kier alpha value is 0.134. The molecular weight excluding hydrogens is 216 g/mol. The summed E-state index contributed by atoms with van der Waals surface area (Å²) in [6.07, 6.45) is 1.94. The van der Waals surface area contributed by atoms with Crippen LogP contribution in [0, 0.1) is 5.41 Å². The molecule has 1 nitrogen and oxygen atoms in total. The van der Waals surface area contributed by atoms with Gasteiger partial charge >= 0.3 is 0 Å². The van der Waals surface area contributed by atoms with Gasteiger partial charge in [0.05, 0.1) is 0 Å². The fraction of sp³-hybridized carbons (Fsp3) is 0.833. The molecule has 0 unspecified atom stereocenters. The van der Waals surface area contributed by atoms with Gasteiger partial charge in [-0.3, -0.25) is 0 Å². The summed E-state index contributed by atoms with van der Waals surface area (Å²) in [5.41, 5.74) is 0.306. The molecule has 0 saturated heterocycles. The third-order valence-corrected chi connectivity index (χ3v) is 6.12. The second-order valence-electron chi connectivity index (χ2n) is 6.90. The van der Waals surface area contributed by atoms with E-state index in [0.717, 1.165) is 0 Å². The van der Waals surface area contributed by atoms with Gasteiger partial charge in [-0.2, -0.15) is 0 Å². The van der Waals surface area contributed by atoms with Crippen molar-refractivity contribution in [3.63, 3.8) is 0 Å². The van der Waals surface area contributed by atoms with Crippen molar-refractivity contribution in [3.05, 3.63) is 12.7 Å². The average Bonchev–Trinajstić information content (AvgIpc) is 1.78. The average molecular weight is 247 g/mol. The Morgan fingerprint density at radius 3 is 1.07 bits per heavy atom. The van der Waals surface area contributed by atoms with Crippen LogP contribution in [0.15, 0.2) is 12.7 Å². The summed E-state index contributed by atoms with van der Waals surface area (Å²) in [7, 11) is -2.46. The highest BCUT2D eigenvalue weighted by molar-refractivity contribution is 6.83. The molecule has 0 aromatic carbocycles. The highest BCUT2D eigenvalue weighted by Crippen LogP contribution is 2.12. The quantitative estimate of drug-likeness (QED) is 0.498. The minimum absolute atomic E-state index is 0.306. The second kappa shape index (κ2) is 6.01. The van der Waals surface area contributed by atoms with Gasteiger partial charge in [-0.1, -0.05) is 26.8 Å². The molecule has 0 aliphatic rings. The molecule has 0 aromatic heterocycles. The van der Waals surface area contributed by atoms with Crippen molar-refractivity contribution in [3.8, 4) is 0 Å². The second-order valence-corrected chi connectivity index (χ2v) is 16.2. The standard InChI is InChI=1S/C6H18OSi2.C6H12/c1-8(2,3)7-9(4,5)6;1-5-6(2,3)4/h1-6H3;5H,1H2,2-4H3. The molecule has 15 heavy (non-hydrogen) atoms.